The van der Waals surface area contributed by atoms with E-state index in [0.29, 0.717) is 5.56 Å². The van der Waals surface area contributed by atoms with Gasteiger partial charge >= 0.3 is 6.36 Å². The quantitative estimate of drug-likeness (QED) is 0.759. The molecule has 0 unspecified atom stereocenters. The third-order valence-corrected chi connectivity index (χ3v) is 2.30. The lowest BCUT2D eigenvalue weighted by Crippen LogP contribution is -2.17. The zero-order chi connectivity index (χ0) is 10.8. The van der Waals surface area contributed by atoms with Crippen LogP contribution in [0.15, 0.2) is 24.8 Å². The average Bonchev–Trinajstić information content (AvgIpc) is 2.06. The number of hydrogen-bond acceptors (Lipinski definition) is 1. The van der Waals surface area contributed by atoms with Gasteiger partial charge in [0.25, 0.3) is 0 Å². The van der Waals surface area contributed by atoms with Gasteiger partial charge in [0.05, 0.1) is 0 Å². The molecule has 0 N–H and O–H groups in total. The van der Waals surface area contributed by atoms with Crippen LogP contribution in [0.25, 0.3) is 0 Å². The van der Waals surface area contributed by atoms with Crippen LogP contribution in [-0.4, -0.2) is 6.36 Å². The minimum atomic E-state index is -4.66. The second kappa shape index (κ2) is 4.20. The molecule has 0 saturated heterocycles. The summed E-state index contributed by atoms with van der Waals surface area (Å²) in [5.74, 6) is -0.260. The molecule has 0 saturated carbocycles. The zero-order valence-corrected chi connectivity index (χ0v) is 9.02. The third kappa shape index (κ3) is 3.21. The van der Waals surface area contributed by atoms with Gasteiger partial charge in [-0.2, -0.15) is 0 Å². The second-order valence-electron chi connectivity index (χ2n) is 2.37. The Balaban J connectivity index is 2.95. The molecule has 75 valence electrons. The normalized spacial score (nSPS) is 11.1. The first-order valence-electron chi connectivity index (χ1n) is 3.51. The summed E-state index contributed by atoms with van der Waals surface area (Å²) in [5.41, 5.74) is 0.493. The van der Waals surface area contributed by atoms with E-state index >= 15 is 0 Å². The topological polar surface area (TPSA) is 9.23 Å². The molecule has 0 amide bonds. The van der Waals surface area contributed by atoms with Crippen LogP contribution in [0.4, 0.5) is 13.2 Å². The molecule has 0 atom stereocenters. The number of halogens is 4. The van der Waals surface area contributed by atoms with E-state index in [4.69, 9.17) is 0 Å². The van der Waals surface area contributed by atoms with Gasteiger partial charge in [0, 0.05) is 3.57 Å². The zero-order valence-electron chi connectivity index (χ0n) is 6.86. The van der Waals surface area contributed by atoms with E-state index in [0.717, 1.165) is 3.57 Å². The molecular weight excluding hydrogens is 308 g/mol. The van der Waals surface area contributed by atoms with E-state index in [1.54, 1.807) is 0 Å². The Morgan fingerprint density at radius 1 is 1.36 bits per heavy atom. The molecule has 1 radical (unpaired) electrons. The predicted molar refractivity (Wildman–Crippen MR) is 53.8 cm³/mol. The Kier molecular flexibility index (Phi) is 3.41. The molecule has 0 spiro atoms. The van der Waals surface area contributed by atoms with Crippen LogP contribution >= 0.6 is 22.6 Å². The van der Waals surface area contributed by atoms with E-state index in [-0.39, 0.29) is 5.75 Å². The van der Waals surface area contributed by atoms with Crippen molar-refractivity contribution in [3.05, 3.63) is 40.0 Å². The summed E-state index contributed by atoms with van der Waals surface area (Å²) >= 11 is 1.98. The highest BCUT2D eigenvalue weighted by Crippen LogP contribution is 2.25. The maximum absolute atomic E-state index is 11.8. The largest absolute Gasteiger partial charge is 0.573 e. The SMILES string of the molecule is C=[C]c1cc(OC(F)(F)F)ccc1I. The summed E-state index contributed by atoms with van der Waals surface area (Å²) in [6.45, 7) is 3.36. The van der Waals surface area contributed by atoms with Gasteiger partial charge in [-0.1, -0.05) is 6.58 Å². The lowest BCUT2D eigenvalue weighted by atomic mass is 10.2. The minimum Gasteiger partial charge on any atom is -0.406 e. The lowest BCUT2D eigenvalue weighted by Gasteiger charge is -2.09. The average molecular weight is 313 g/mol. The molecule has 1 aromatic carbocycles. The summed E-state index contributed by atoms with van der Waals surface area (Å²) < 4.78 is 40.0. The highest BCUT2D eigenvalue weighted by Gasteiger charge is 2.31. The Morgan fingerprint density at radius 2 is 2.00 bits per heavy atom. The Bertz CT molecular complexity index is 346. The Labute approximate surface area is 92.7 Å². The number of hydrogen-bond donors (Lipinski definition) is 0. The van der Waals surface area contributed by atoms with Gasteiger partial charge in [-0.15, -0.1) is 13.2 Å². The third-order valence-electron chi connectivity index (χ3n) is 1.36. The number of alkyl halides is 3. The molecular formula is C9H5F3IO. The fourth-order valence-corrected chi connectivity index (χ4v) is 1.36. The van der Waals surface area contributed by atoms with Crippen molar-refractivity contribution in [2.75, 3.05) is 0 Å². The molecule has 0 fully saturated rings. The van der Waals surface area contributed by atoms with Gasteiger partial charge in [-0.25, -0.2) is 0 Å². The van der Waals surface area contributed by atoms with E-state index in [2.05, 4.69) is 17.4 Å². The fraction of sp³-hybridized carbons (Fsp3) is 0.111. The van der Waals surface area contributed by atoms with Crippen LogP contribution in [0, 0.1) is 9.65 Å². The van der Waals surface area contributed by atoms with Crippen molar-refractivity contribution in [2.45, 2.75) is 6.36 Å². The maximum Gasteiger partial charge on any atom is 0.573 e. The fourth-order valence-electron chi connectivity index (χ4n) is 0.837. The molecule has 1 rings (SSSR count). The van der Waals surface area contributed by atoms with Crippen molar-refractivity contribution >= 4 is 22.6 Å². The van der Waals surface area contributed by atoms with E-state index in [1.807, 2.05) is 22.6 Å². The smallest absolute Gasteiger partial charge is 0.406 e. The van der Waals surface area contributed by atoms with Crippen molar-refractivity contribution in [3.63, 3.8) is 0 Å². The molecule has 0 aliphatic carbocycles. The predicted octanol–water partition coefficient (Wildman–Crippen LogP) is 3.53. The van der Waals surface area contributed by atoms with Gasteiger partial charge in [0.15, 0.2) is 0 Å². The molecule has 5 heteroatoms. The molecule has 0 bridgehead atoms. The molecule has 1 nitrogen and oxygen atoms in total. The molecule has 0 aromatic heterocycles. The van der Waals surface area contributed by atoms with Crippen LogP contribution in [0.1, 0.15) is 5.56 Å². The van der Waals surface area contributed by atoms with Gasteiger partial charge in [0.1, 0.15) is 5.75 Å². The van der Waals surface area contributed by atoms with Gasteiger partial charge < -0.3 is 4.74 Å². The maximum atomic E-state index is 11.8. The standard InChI is InChI=1S/C9H5F3IO/c1-2-6-5-7(3-4-8(6)13)14-9(10,11)12/h3-5H,1H2. The lowest BCUT2D eigenvalue weighted by molar-refractivity contribution is -0.274. The summed E-state index contributed by atoms with van der Waals surface area (Å²) in [5, 5.41) is 0. The van der Waals surface area contributed by atoms with Crippen molar-refractivity contribution in [3.8, 4) is 5.75 Å². The Morgan fingerprint density at radius 3 is 2.50 bits per heavy atom. The molecule has 1 aromatic rings. The molecule has 0 aliphatic heterocycles. The van der Waals surface area contributed by atoms with Crippen molar-refractivity contribution in [1.82, 2.24) is 0 Å². The minimum absolute atomic E-state index is 0.260. The number of benzene rings is 1. The van der Waals surface area contributed by atoms with Crippen LogP contribution in [0.3, 0.4) is 0 Å². The summed E-state index contributed by atoms with van der Waals surface area (Å²) in [7, 11) is 0. The first-order valence-corrected chi connectivity index (χ1v) is 4.58. The molecule has 14 heavy (non-hydrogen) atoms. The van der Waals surface area contributed by atoms with Crippen LogP contribution < -0.4 is 4.74 Å². The van der Waals surface area contributed by atoms with Crippen LogP contribution in [0.2, 0.25) is 0 Å². The highest BCUT2D eigenvalue weighted by atomic mass is 127. The van der Waals surface area contributed by atoms with Crippen molar-refractivity contribution in [1.29, 1.82) is 0 Å². The summed E-state index contributed by atoms with van der Waals surface area (Å²) in [6, 6.07) is 3.99. The summed E-state index contributed by atoms with van der Waals surface area (Å²) in [4.78, 5) is 0. The van der Waals surface area contributed by atoms with E-state index in [9.17, 15) is 13.2 Å². The van der Waals surface area contributed by atoms with Gasteiger partial charge in [0.2, 0.25) is 0 Å². The molecule has 0 aliphatic rings. The number of rotatable bonds is 2. The van der Waals surface area contributed by atoms with Crippen LogP contribution in [-0.2, 0) is 0 Å². The monoisotopic (exact) mass is 313 g/mol. The first-order chi connectivity index (χ1) is 6.42. The van der Waals surface area contributed by atoms with Crippen molar-refractivity contribution in [2.24, 2.45) is 0 Å². The van der Waals surface area contributed by atoms with E-state index in [1.165, 1.54) is 18.2 Å². The second-order valence-corrected chi connectivity index (χ2v) is 3.53. The van der Waals surface area contributed by atoms with E-state index < -0.39 is 6.36 Å². The van der Waals surface area contributed by atoms with Crippen molar-refractivity contribution < 1.29 is 17.9 Å². The first kappa shape index (κ1) is 11.4. The van der Waals surface area contributed by atoms with Gasteiger partial charge in [-0.05, 0) is 52.4 Å². The molecule has 0 heterocycles. The Hall–Kier alpha value is -0.720. The summed E-state index contributed by atoms with van der Waals surface area (Å²) in [6.07, 6.45) is -2.14. The number of ether oxygens (including phenoxy) is 1. The highest BCUT2D eigenvalue weighted by molar-refractivity contribution is 14.1. The van der Waals surface area contributed by atoms with Crippen LogP contribution in [0.5, 0.6) is 5.75 Å². The van der Waals surface area contributed by atoms with Gasteiger partial charge in [-0.3, -0.25) is 0 Å².